The summed E-state index contributed by atoms with van der Waals surface area (Å²) in [6, 6.07) is 10.8. The molecule has 8 nitrogen and oxygen atoms in total. The Hall–Kier alpha value is -2.49. The molecule has 208 valence electrons. The molecule has 11 heteroatoms. The monoisotopic (exact) mass is 583 g/mol. The number of nitrogens with zero attached hydrogens (tertiary/aromatic N) is 2. The van der Waals surface area contributed by atoms with Gasteiger partial charge in [0.2, 0.25) is 21.8 Å². The van der Waals surface area contributed by atoms with Crippen LogP contribution in [0.25, 0.3) is 0 Å². The predicted octanol–water partition coefficient (Wildman–Crippen LogP) is 5.02. The largest absolute Gasteiger partial charge is 0.494 e. The third kappa shape index (κ3) is 8.01. The van der Waals surface area contributed by atoms with E-state index >= 15 is 0 Å². The number of rotatable bonds is 12. The Kier molecular flexibility index (Phi) is 10.7. The van der Waals surface area contributed by atoms with Crippen LogP contribution in [-0.4, -0.2) is 56.6 Å². The Balaban J connectivity index is 1.92. The Labute approximate surface area is 235 Å². The van der Waals surface area contributed by atoms with Crippen LogP contribution in [0, 0.1) is 0 Å². The minimum Gasteiger partial charge on any atom is -0.494 e. The lowest BCUT2D eigenvalue weighted by Crippen LogP contribution is -2.53. The first-order valence-electron chi connectivity index (χ1n) is 12.8. The van der Waals surface area contributed by atoms with Crippen LogP contribution in [0.15, 0.2) is 42.5 Å². The highest BCUT2D eigenvalue weighted by atomic mass is 35.5. The first-order valence-corrected chi connectivity index (χ1v) is 15.4. The Morgan fingerprint density at radius 1 is 1.05 bits per heavy atom. The number of carbonyl (C=O) groups is 2. The standard InChI is InChI=1S/C27H35Cl2N3O5S/c1-4-25(27(34)30-20-8-6-7-9-20)31(17-19-10-15-23(28)24(29)16-19)26(33)18-32(38(3,35)36)21-11-13-22(14-12-21)37-5-2/h10-16,20,25H,4-9,17-18H2,1-3H3,(H,30,34)/t25-/m0/s1. The van der Waals surface area contributed by atoms with Gasteiger partial charge in [-0.1, -0.05) is 49.0 Å². The maximum Gasteiger partial charge on any atom is 0.244 e. The number of hydrogen-bond donors (Lipinski definition) is 1. The number of anilines is 1. The lowest BCUT2D eigenvalue weighted by molar-refractivity contribution is -0.140. The molecule has 0 bridgehead atoms. The number of ether oxygens (including phenoxy) is 1. The Bertz CT molecular complexity index is 1220. The van der Waals surface area contributed by atoms with Gasteiger partial charge in [0, 0.05) is 12.6 Å². The summed E-state index contributed by atoms with van der Waals surface area (Å²) in [7, 11) is -3.82. The summed E-state index contributed by atoms with van der Waals surface area (Å²) in [5, 5.41) is 3.78. The van der Waals surface area contributed by atoms with Crippen molar-refractivity contribution in [3.8, 4) is 5.75 Å². The molecular weight excluding hydrogens is 549 g/mol. The summed E-state index contributed by atoms with van der Waals surface area (Å²) in [6.07, 6.45) is 5.32. The molecule has 1 aliphatic carbocycles. The zero-order valence-electron chi connectivity index (χ0n) is 22.0. The molecule has 0 saturated heterocycles. The van der Waals surface area contributed by atoms with Crippen molar-refractivity contribution in [3.05, 3.63) is 58.1 Å². The molecule has 1 atom stereocenters. The van der Waals surface area contributed by atoms with Crippen molar-refractivity contribution >= 4 is 50.7 Å². The number of sulfonamides is 1. The first-order chi connectivity index (χ1) is 18.0. The Morgan fingerprint density at radius 2 is 1.71 bits per heavy atom. The molecule has 0 aromatic heterocycles. The van der Waals surface area contributed by atoms with E-state index in [1.54, 1.807) is 42.5 Å². The molecule has 1 fully saturated rings. The zero-order chi connectivity index (χ0) is 27.9. The number of nitrogens with one attached hydrogen (secondary N) is 1. The second-order valence-corrected chi connectivity index (χ2v) is 12.1. The van der Waals surface area contributed by atoms with Crippen molar-refractivity contribution in [2.24, 2.45) is 0 Å². The van der Waals surface area contributed by atoms with Crippen LogP contribution >= 0.6 is 23.2 Å². The normalized spacial score (nSPS) is 14.7. The molecular formula is C27H35Cl2N3O5S. The van der Waals surface area contributed by atoms with E-state index in [2.05, 4.69) is 5.32 Å². The van der Waals surface area contributed by atoms with Gasteiger partial charge in [0.15, 0.2) is 0 Å². The molecule has 1 aliphatic rings. The number of carbonyl (C=O) groups excluding carboxylic acids is 2. The fourth-order valence-electron chi connectivity index (χ4n) is 4.61. The van der Waals surface area contributed by atoms with Gasteiger partial charge < -0.3 is 15.0 Å². The SMILES string of the molecule is CCOc1ccc(N(CC(=O)N(Cc2ccc(Cl)c(Cl)c2)[C@@H](CC)C(=O)NC2CCCC2)S(C)(=O)=O)cc1. The average Bonchev–Trinajstić information content (AvgIpc) is 3.37. The van der Waals surface area contributed by atoms with Crippen LogP contribution in [0.4, 0.5) is 5.69 Å². The predicted molar refractivity (Wildman–Crippen MR) is 151 cm³/mol. The van der Waals surface area contributed by atoms with Crippen molar-refractivity contribution in [2.45, 2.75) is 64.6 Å². The number of benzene rings is 2. The minimum absolute atomic E-state index is 0.0627. The summed E-state index contributed by atoms with van der Waals surface area (Å²) >= 11 is 12.3. The molecule has 0 unspecified atom stereocenters. The van der Waals surface area contributed by atoms with Gasteiger partial charge >= 0.3 is 0 Å². The van der Waals surface area contributed by atoms with Gasteiger partial charge in [-0.2, -0.15) is 0 Å². The van der Waals surface area contributed by atoms with Gasteiger partial charge in [-0.3, -0.25) is 13.9 Å². The quantitative estimate of drug-likeness (QED) is 0.378. The van der Waals surface area contributed by atoms with E-state index in [0.717, 1.165) is 36.2 Å². The van der Waals surface area contributed by atoms with E-state index in [0.29, 0.717) is 40.1 Å². The topological polar surface area (TPSA) is 96.0 Å². The third-order valence-corrected chi connectivity index (χ3v) is 8.42. The molecule has 1 N–H and O–H groups in total. The molecule has 2 aromatic carbocycles. The van der Waals surface area contributed by atoms with Crippen LogP contribution in [0.2, 0.25) is 10.0 Å². The van der Waals surface area contributed by atoms with Crippen LogP contribution in [0.3, 0.4) is 0 Å². The molecule has 2 amide bonds. The molecule has 0 spiro atoms. The molecule has 38 heavy (non-hydrogen) atoms. The lowest BCUT2D eigenvalue weighted by Gasteiger charge is -2.33. The van der Waals surface area contributed by atoms with E-state index in [9.17, 15) is 18.0 Å². The van der Waals surface area contributed by atoms with Gasteiger partial charge in [0.25, 0.3) is 0 Å². The van der Waals surface area contributed by atoms with Gasteiger partial charge in [0.05, 0.1) is 28.6 Å². The second kappa shape index (κ2) is 13.5. The summed E-state index contributed by atoms with van der Waals surface area (Å²) in [4.78, 5) is 28.6. The number of halogens is 2. The number of amides is 2. The van der Waals surface area contributed by atoms with Gasteiger partial charge in [-0.25, -0.2) is 8.42 Å². The van der Waals surface area contributed by atoms with E-state index in [1.807, 2.05) is 13.8 Å². The van der Waals surface area contributed by atoms with Gasteiger partial charge in [0.1, 0.15) is 18.3 Å². The first kappa shape index (κ1) is 30.1. The van der Waals surface area contributed by atoms with Crippen LogP contribution in [0.1, 0.15) is 51.5 Å². The smallest absolute Gasteiger partial charge is 0.244 e. The average molecular weight is 585 g/mol. The van der Waals surface area contributed by atoms with Crippen molar-refractivity contribution in [1.82, 2.24) is 10.2 Å². The van der Waals surface area contributed by atoms with E-state index in [1.165, 1.54) is 4.90 Å². The summed E-state index contributed by atoms with van der Waals surface area (Å²) < 4.78 is 32.0. The maximum absolute atomic E-state index is 13.8. The maximum atomic E-state index is 13.8. The highest BCUT2D eigenvalue weighted by Gasteiger charge is 2.33. The molecule has 0 heterocycles. The van der Waals surface area contributed by atoms with Crippen LogP contribution in [-0.2, 0) is 26.2 Å². The van der Waals surface area contributed by atoms with Gasteiger partial charge in [-0.05, 0) is 68.1 Å². The van der Waals surface area contributed by atoms with Crippen molar-refractivity contribution in [3.63, 3.8) is 0 Å². The van der Waals surface area contributed by atoms with Crippen LogP contribution in [0.5, 0.6) is 5.75 Å². The van der Waals surface area contributed by atoms with Crippen LogP contribution < -0.4 is 14.4 Å². The zero-order valence-corrected chi connectivity index (χ0v) is 24.3. The molecule has 0 radical (unpaired) electrons. The third-order valence-electron chi connectivity index (χ3n) is 6.54. The molecule has 1 saturated carbocycles. The fraction of sp³-hybridized carbons (Fsp3) is 0.481. The molecule has 0 aliphatic heterocycles. The van der Waals surface area contributed by atoms with E-state index in [4.69, 9.17) is 27.9 Å². The number of hydrogen-bond acceptors (Lipinski definition) is 5. The van der Waals surface area contributed by atoms with Crippen molar-refractivity contribution in [2.75, 3.05) is 23.7 Å². The second-order valence-electron chi connectivity index (χ2n) is 9.38. The summed E-state index contributed by atoms with van der Waals surface area (Å²) in [5.74, 6) is -0.171. The van der Waals surface area contributed by atoms with Gasteiger partial charge in [-0.15, -0.1) is 0 Å². The summed E-state index contributed by atoms with van der Waals surface area (Å²) in [6.45, 7) is 3.74. The highest BCUT2D eigenvalue weighted by Crippen LogP contribution is 2.26. The molecule has 2 aromatic rings. The minimum atomic E-state index is -3.82. The van der Waals surface area contributed by atoms with E-state index < -0.39 is 28.5 Å². The van der Waals surface area contributed by atoms with Crippen molar-refractivity contribution < 1.29 is 22.7 Å². The Morgan fingerprint density at radius 3 is 2.26 bits per heavy atom. The summed E-state index contributed by atoms with van der Waals surface area (Å²) in [5.41, 5.74) is 0.995. The highest BCUT2D eigenvalue weighted by molar-refractivity contribution is 7.92. The fourth-order valence-corrected chi connectivity index (χ4v) is 5.78. The lowest BCUT2D eigenvalue weighted by atomic mass is 10.1. The van der Waals surface area contributed by atoms with E-state index in [-0.39, 0.29) is 18.5 Å². The molecule has 3 rings (SSSR count). The van der Waals surface area contributed by atoms with Crippen molar-refractivity contribution in [1.29, 1.82) is 0 Å².